The van der Waals surface area contributed by atoms with Crippen molar-refractivity contribution in [2.24, 2.45) is 0 Å². The predicted molar refractivity (Wildman–Crippen MR) is 119 cm³/mol. The van der Waals surface area contributed by atoms with E-state index < -0.39 is 0 Å². The van der Waals surface area contributed by atoms with Gasteiger partial charge in [-0.25, -0.2) is 4.58 Å². The lowest BCUT2D eigenvalue weighted by Crippen LogP contribution is -2.40. The second-order valence-corrected chi connectivity index (χ2v) is 7.65. The van der Waals surface area contributed by atoms with Crippen molar-refractivity contribution < 1.29 is 4.58 Å². The molecular weight excluding hydrogens is 350 g/mol. The number of benzene rings is 4. The van der Waals surface area contributed by atoms with E-state index in [2.05, 4.69) is 133 Å². The van der Waals surface area contributed by atoms with Gasteiger partial charge in [-0.05, 0) is 6.07 Å². The molecule has 0 N–H and O–H groups in total. The third kappa shape index (κ3) is 2.74. The standard InChI is InChI=1S/C28H24N/c1-22(23-13-5-2-6-14-23)29-21-24-15-11-12-20-27(24)28(29,25-16-7-3-8-17-25)26-18-9-4-10-19-26/h2-22H,1H3/q+1/t22-/m0/s1. The van der Waals surface area contributed by atoms with Gasteiger partial charge in [0.1, 0.15) is 0 Å². The number of hydrogen-bond donors (Lipinski definition) is 0. The highest BCUT2D eigenvalue weighted by Crippen LogP contribution is 2.47. The van der Waals surface area contributed by atoms with Gasteiger partial charge in [-0.15, -0.1) is 0 Å². The summed E-state index contributed by atoms with van der Waals surface area (Å²) in [5.74, 6) is 0. The van der Waals surface area contributed by atoms with E-state index in [0.29, 0.717) is 0 Å². The number of rotatable bonds is 4. The van der Waals surface area contributed by atoms with Crippen LogP contribution in [-0.2, 0) is 5.54 Å². The third-order valence-electron chi connectivity index (χ3n) is 6.10. The van der Waals surface area contributed by atoms with Gasteiger partial charge in [0.25, 0.3) is 0 Å². The van der Waals surface area contributed by atoms with Crippen LogP contribution in [0.3, 0.4) is 0 Å². The Labute approximate surface area is 172 Å². The van der Waals surface area contributed by atoms with E-state index in [1.165, 1.54) is 27.8 Å². The van der Waals surface area contributed by atoms with Crippen molar-refractivity contribution in [3.05, 3.63) is 143 Å². The normalized spacial score (nSPS) is 15.4. The molecule has 140 valence electrons. The van der Waals surface area contributed by atoms with Crippen molar-refractivity contribution >= 4 is 6.21 Å². The largest absolute Gasteiger partial charge is 0.240 e. The Morgan fingerprint density at radius 1 is 0.586 bits per heavy atom. The van der Waals surface area contributed by atoms with Crippen LogP contribution in [0.15, 0.2) is 115 Å². The highest BCUT2D eigenvalue weighted by Gasteiger charge is 2.53. The zero-order valence-electron chi connectivity index (χ0n) is 16.6. The van der Waals surface area contributed by atoms with Gasteiger partial charge in [0, 0.05) is 34.7 Å². The van der Waals surface area contributed by atoms with Gasteiger partial charge in [0.05, 0.1) is 0 Å². The molecule has 0 saturated heterocycles. The maximum atomic E-state index is 2.54. The van der Waals surface area contributed by atoms with Gasteiger partial charge < -0.3 is 0 Å². The van der Waals surface area contributed by atoms with Crippen LogP contribution in [0.4, 0.5) is 0 Å². The van der Waals surface area contributed by atoms with Crippen molar-refractivity contribution in [1.29, 1.82) is 0 Å². The van der Waals surface area contributed by atoms with Crippen molar-refractivity contribution in [2.45, 2.75) is 18.5 Å². The molecule has 0 saturated carbocycles. The first-order valence-corrected chi connectivity index (χ1v) is 10.2. The Bertz CT molecular complexity index is 1110. The monoisotopic (exact) mass is 374 g/mol. The first-order chi connectivity index (χ1) is 14.3. The Kier molecular flexibility index (Phi) is 4.37. The summed E-state index contributed by atoms with van der Waals surface area (Å²) in [7, 11) is 0. The summed E-state index contributed by atoms with van der Waals surface area (Å²) in [6, 6.07) is 41.6. The maximum absolute atomic E-state index is 2.54. The molecule has 1 heterocycles. The van der Waals surface area contributed by atoms with Gasteiger partial charge in [-0.3, -0.25) is 0 Å². The summed E-state index contributed by atoms with van der Waals surface area (Å²) in [5, 5.41) is 0. The average Bonchev–Trinajstić information content (AvgIpc) is 3.16. The summed E-state index contributed by atoms with van der Waals surface area (Å²) in [6.45, 7) is 2.30. The number of nitrogens with zero attached hydrogens (tertiary/aromatic N) is 1. The second kappa shape index (κ2) is 7.18. The highest BCUT2D eigenvalue weighted by atomic mass is 15.1. The zero-order valence-corrected chi connectivity index (χ0v) is 16.6. The van der Waals surface area contributed by atoms with E-state index in [1.807, 2.05) is 0 Å². The summed E-state index contributed by atoms with van der Waals surface area (Å²) in [5.41, 5.74) is 6.13. The zero-order chi connectivity index (χ0) is 19.7. The van der Waals surface area contributed by atoms with Crippen molar-refractivity contribution in [2.75, 3.05) is 0 Å². The smallest absolute Gasteiger partial charge is 0.211 e. The number of fused-ring (bicyclic) bond motifs is 1. The Morgan fingerprint density at radius 3 is 1.66 bits per heavy atom. The van der Waals surface area contributed by atoms with Crippen LogP contribution in [0, 0.1) is 0 Å². The van der Waals surface area contributed by atoms with Gasteiger partial charge in [-0.2, -0.15) is 0 Å². The van der Waals surface area contributed by atoms with E-state index in [9.17, 15) is 0 Å². The van der Waals surface area contributed by atoms with Crippen molar-refractivity contribution in [3.8, 4) is 0 Å². The molecule has 1 heteroatoms. The summed E-state index contributed by atoms with van der Waals surface area (Å²) in [6.07, 6.45) is 2.34. The number of hydrogen-bond acceptors (Lipinski definition) is 0. The van der Waals surface area contributed by atoms with Gasteiger partial charge in [-0.1, -0.05) is 109 Å². The molecule has 1 aliphatic rings. The molecule has 4 aromatic rings. The average molecular weight is 375 g/mol. The lowest BCUT2D eigenvalue weighted by atomic mass is 9.76. The molecule has 4 aromatic carbocycles. The van der Waals surface area contributed by atoms with E-state index in [1.54, 1.807) is 0 Å². The molecule has 0 aliphatic carbocycles. The molecular formula is C28H24N+. The Hall–Kier alpha value is -3.45. The van der Waals surface area contributed by atoms with Gasteiger partial charge in [0.2, 0.25) is 5.54 Å². The second-order valence-electron chi connectivity index (χ2n) is 7.65. The minimum atomic E-state index is -0.367. The van der Waals surface area contributed by atoms with Crippen LogP contribution in [-0.4, -0.2) is 10.8 Å². The molecule has 1 aliphatic heterocycles. The first-order valence-electron chi connectivity index (χ1n) is 10.2. The molecule has 0 fully saturated rings. The summed E-state index contributed by atoms with van der Waals surface area (Å²) >= 11 is 0. The van der Waals surface area contributed by atoms with Crippen LogP contribution in [0.1, 0.15) is 40.8 Å². The van der Waals surface area contributed by atoms with Crippen LogP contribution in [0.25, 0.3) is 0 Å². The lowest BCUT2D eigenvalue weighted by Gasteiger charge is -2.32. The first kappa shape index (κ1) is 17.6. The molecule has 0 amide bonds. The lowest BCUT2D eigenvalue weighted by molar-refractivity contribution is -0.623. The molecule has 1 nitrogen and oxygen atoms in total. The van der Waals surface area contributed by atoms with Crippen LogP contribution in [0.5, 0.6) is 0 Å². The quantitative estimate of drug-likeness (QED) is 0.375. The summed E-state index contributed by atoms with van der Waals surface area (Å²) < 4.78 is 2.54. The Balaban J connectivity index is 1.84. The van der Waals surface area contributed by atoms with Crippen LogP contribution >= 0.6 is 0 Å². The van der Waals surface area contributed by atoms with E-state index in [0.717, 1.165) is 0 Å². The van der Waals surface area contributed by atoms with E-state index >= 15 is 0 Å². The fourth-order valence-corrected chi connectivity index (χ4v) is 4.75. The van der Waals surface area contributed by atoms with Crippen LogP contribution in [0.2, 0.25) is 0 Å². The summed E-state index contributed by atoms with van der Waals surface area (Å²) in [4.78, 5) is 0. The molecule has 29 heavy (non-hydrogen) atoms. The fraction of sp³-hybridized carbons (Fsp3) is 0.107. The minimum Gasteiger partial charge on any atom is -0.211 e. The molecule has 0 unspecified atom stereocenters. The van der Waals surface area contributed by atoms with E-state index in [4.69, 9.17) is 0 Å². The molecule has 0 aromatic heterocycles. The fourth-order valence-electron chi connectivity index (χ4n) is 4.75. The van der Waals surface area contributed by atoms with Gasteiger partial charge >= 0.3 is 0 Å². The minimum absolute atomic E-state index is 0.212. The molecule has 1 atom stereocenters. The van der Waals surface area contributed by atoms with Crippen molar-refractivity contribution in [3.63, 3.8) is 0 Å². The van der Waals surface area contributed by atoms with E-state index in [-0.39, 0.29) is 11.6 Å². The Morgan fingerprint density at radius 2 is 1.07 bits per heavy atom. The SMILES string of the molecule is C[C@@H](c1ccccc1)[N+]1=Cc2ccccc2C1(c1ccccc1)c1ccccc1. The molecule has 0 spiro atoms. The third-order valence-corrected chi connectivity index (χ3v) is 6.10. The molecule has 0 radical (unpaired) electrons. The van der Waals surface area contributed by atoms with Gasteiger partial charge in [0.15, 0.2) is 12.3 Å². The predicted octanol–water partition coefficient (Wildman–Crippen LogP) is 6.18. The maximum Gasteiger partial charge on any atom is 0.240 e. The molecule has 0 bridgehead atoms. The van der Waals surface area contributed by atoms with Crippen LogP contribution < -0.4 is 0 Å². The topological polar surface area (TPSA) is 3.01 Å². The molecule has 5 rings (SSSR count). The highest BCUT2D eigenvalue weighted by molar-refractivity contribution is 5.83. The van der Waals surface area contributed by atoms with Crippen molar-refractivity contribution in [1.82, 2.24) is 0 Å².